The van der Waals surface area contributed by atoms with E-state index < -0.39 is 0 Å². The molecule has 1 aliphatic heterocycles. The number of benzene rings is 1. The maximum Gasteiger partial charge on any atom is 0.324 e. The van der Waals surface area contributed by atoms with Crippen molar-refractivity contribution in [3.8, 4) is 5.75 Å². The van der Waals surface area contributed by atoms with Crippen LogP contribution in [-0.4, -0.2) is 34.8 Å². The Morgan fingerprint density at radius 3 is 3.00 bits per heavy atom. The Hall–Kier alpha value is -2.15. The summed E-state index contributed by atoms with van der Waals surface area (Å²) in [5.41, 5.74) is 2.40. The number of anilines is 1. The summed E-state index contributed by atoms with van der Waals surface area (Å²) in [5.74, 6) is 0.859. The first kappa shape index (κ1) is 14.8. The van der Waals surface area contributed by atoms with E-state index in [1.807, 2.05) is 25.1 Å². The summed E-state index contributed by atoms with van der Waals surface area (Å²) in [4.78, 5) is 14.1. The molecule has 1 N–H and O–H groups in total. The number of carbonyl (C=O) groups is 1. The number of nitrogens with one attached hydrogen (secondary N) is 1. The van der Waals surface area contributed by atoms with Gasteiger partial charge in [-0.3, -0.25) is 5.32 Å². The summed E-state index contributed by atoms with van der Waals surface area (Å²) < 4.78 is 5.24. The first-order valence-corrected chi connectivity index (χ1v) is 8.05. The van der Waals surface area contributed by atoms with Crippen LogP contribution in [0.5, 0.6) is 5.75 Å². The van der Waals surface area contributed by atoms with Crippen molar-refractivity contribution in [2.24, 2.45) is 0 Å². The molecule has 1 aromatic heterocycles. The van der Waals surface area contributed by atoms with Crippen LogP contribution < -0.4 is 10.1 Å². The average molecular weight is 318 g/mol. The van der Waals surface area contributed by atoms with Crippen LogP contribution in [-0.2, 0) is 19.4 Å². The van der Waals surface area contributed by atoms with Crippen molar-refractivity contribution in [3.05, 3.63) is 34.3 Å². The van der Waals surface area contributed by atoms with Crippen molar-refractivity contribution in [3.63, 3.8) is 0 Å². The molecule has 22 heavy (non-hydrogen) atoms. The van der Waals surface area contributed by atoms with Gasteiger partial charge in [-0.15, -0.1) is 10.2 Å². The molecule has 6 nitrogen and oxygen atoms in total. The third-order valence-electron chi connectivity index (χ3n) is 3.70. The van der Waals surface area contributed by atoms with Gasteiger partial charge in [-0.05, 0) is 36.1 Å². The number of carbonyl (C=O) groups excluding carboxylic acids is 1. The lowest BCUT2D eigenvalue weighted by atomic mass is 10.00. The third-order valence-corrected chi connectivity index (χ3v) is 4.68. The van der Waals surface area contributed by atoms with E-state index in [1.54, 1.807) is 12.0 Å². The minimum Gasteiger partial charge on any atom is -0.497 e. The number of hydrogen-bond acceptors (Lipinski definition) is 5. The number of nitrogens with zero attached hydrogens (tertiary/aromatic N) is 3. The number of ether oxygens (including phenoxy) is 1. The Morgan fingerprint density at radius 1 is 1.41 bits per heavy atom. The quantitative estimate of drug-likeness (QED) is 0.945. The first-order valence-electron chi connectivity index (χ1n) is 7.23. The van der Waals surface area contributed by atoms with E-state index in [0.717, 1.165) is 29.2 Å². The monoisotopic (exact) mass is 318 g/mol. The highest BCUT2D eigenvalue weighted by Gasteiger charge is 2.22. The molecule has 0 saturated heterocycles. The molecule has 0 atom stereocenters. The molecule has 0 radical (unpaired) electrons. The topological polar surface area (TPSA) is 67.4 Å². The lowest BCUT2D eigenvalue weighted by Crippen LogP contribution is -2.38. The summed E-state index contributed by atoms with van der Waals surface area (Å²) in [5, 5.41) is 12.3. The number of amides is 2. The van der Waals surface area contributed by atoms with Crippen molar-refractivity contribution in [2.75, 3.05) is 19.0 Å². The Morgan fingerprint density at radius 2 is 2.27 bits per heavy atom. The second kappa shape index (κ2) is 6.31. The molecule has 2 heterocycles. The number of rotatable bonds is 3. The Labute approximate surface area is 133 Å². The third kappa shape index (κ3) is 3.04. The van der Waals surface area contributed by atoms with Gasteiger partial charge in [0.1, 0.15) is 10.8 Å². The molecule has 0 bridgehead atoms. The number of methoxy groups -OCH3 is 1. The van der Waals surface area contributed by atoms with Crippen LogP contribution in [0.15, 0.2) is 18.2 Å². The normalized spacial score (nSPS) is 13.6. The van der Waals surface area contributed by atoms with Crippen LogP contribution in [0.1, 0.15) is 23.1 Å². The zero-order valence-corrected chi connectivity index (χ0v) is 13.4. The van der Waals surface area contributed by atoms with Crippen LogP contribution in [0, 0.1) is 0 Å². The molecule has 0 spiro atoms. The van der Waals surface area contributed by atoms with E-state index in [1.165, 1.54) is 16.9 Å². The maximum absolute atomic E-state index is 12.3. The second-order valence-electron chi connectivity index (χ2n) is 5.09. The van der Waals surface area contributed by atoms with Gasteiger partial charge in [-0.25, -0.2) is 4.79 Å². The zero-order chi connectivity index (χ0) is 15.5. The molecule has 2 aromatic rings. The Balaban J connectivity index is 1.67. The van der Waals surface area contributed by atoms with Gasteiger partial charge in [-0.1, -0.05) is 24.3 Å². The molecular weight excluding hydrogens is 300 g/mol. The summed E-state index contributed by atoms with van der Waals surface area (Å²) in [7, 11) is 1.66. The SMILES string of the molecule is CCc1nnc(NC(=O)N2CCc3cc(OC)ccc3C2)s1. The van der Waals surface area contributed by atoms with Crippen molar-refractivity contribution in [1.82, 2.24) is 15.1 Å². The summed E-state index contributed by atoms with van der Waals surface area (Å²) in [6.45, 7) is 3.30. The Kier molecular flexibility index (Phi) is 4.24. The van der Waals surface area contributed by atoms with E-state index in [9.17, 15) is 4.79 Å². The van der Waals surface area contributed by atoms with E-state index in [4.69, 9.17) is 4.74 Å². The second-order valence-corrected chi connectivity index (χ2v) is 6.15. The first-order chi connectivity index (χ1) is 10.7. The van der Waals surface area contributed by atoms with Crippen molar-refractivity contribution in [1.29, 1.82) is 0 Å². The molecule has 1 aromatic carbocycles. The van der Waals surface area contributed by atoms with Gasteiger partial charge in [0.05, 0.1) is 7.11 Å². The van der Waals surface area contributed by atoms with Gasteiger partial charge < -0.3 is 9.64 Å². The van der Waals surface area contributed by atoms with Gasteiger partial charge in [0.25, 0.3) is 0 Å². The highest BCUT2D eigenvalue weighted by atomic mass is 32.1. The molecule has 2 amide bonds. The standard InChI is InChI=1S/C15H18N4O2S/c1-3-13-17-18-14(22-13)16-15(20)19-7-6-10-8-12(21-2)5-4-11(10)9-19/h4-5,8H,3,6-7,9H2,1-2H3,(H,16,18,20). The summed E-state index contributed by atoms with van der Waals surface area (Å²) >= 11 is 1.42. The van der Waals surface area contributed by atoms with E-state index in [2.05, 4.69) is 15.5 Å². The molecule has 1 aliphatic rings. The van der Waals surface area contributed by atoms with Crippen LogP contribution in [0.2, 0.25) is 0 Å². The summed E-state index contributed by atoms with van der Waals surface area (Å²) in [6.07, 6.45) is 1.66. The van der Waals surface area contributed by atoms with Gasteiger partial charge in [0, 0.05) is 13.1 Å². The Bertz CT molecular complexity index is 686. The molecule has 0 unspecified atom stereocenters. The molecule has 116 valence electrons. The van der Waals surface area contributed by atoms with Gasteiger partial charge >= 0.3 is 6.03 Å². The number of hydrogen-bond donors (Lipinski definition) is 1. The zero-order valence-electron chi connectivity index (χ0n) is 12.6. The fourth-order valence-corrected chi connectivity index (χ4v) is 3.12. The smallest absolute Gasteiger partial charge is 0.324 e. The van der Waals surface area contributed by atoms with Crippen LogP contribution in [0.4, 0.5) is 9.93 Å². The molecular formula is C15H18N4O2S. The lowest BCUT2D eigenvalue weighted by Gasteiger charge is -2.28. The van der Waals surface area contributed by atoms with Gasteiger partial charge in [-0.2, -0.15) is 0 Å². The lowest BCUT2D eigenvalue weighted by molar-refractivity contribution is 0.206. The van der Waals surface area contributed by atoms with Crippen molar-refractivity contribution < 1.29 is 9.53 Å². The predicted octanol–water partition coefficient (Wildman–Crippen LogP) is 2.70. The number of aryl methyl sites for hydroxylation is 1. The van der Waals surface area contributed by atoms with Crippen molar-refractivity contribution >= 4 is 22.5 Å². The summed E-state index contributed by atoms with van der Waals surface area (Å²) in [6, 6.07) is 5.87. The predicted molar refractivity (Wildman–Crippen MR) is 85.4 cm³/mol. The fourth-order valence-electron chi connectivity index (χ4n) is 2.45. The maximum atomic E-state index is 12.3. The fraction of sp³-hybridized carbons (Fsp3) is 0.400. The van der Waals surface area contributed by atoms with E-state index in [-0.39, 0.29) is 6.03 Å². The van der Waals surface area contributed by atoms with Crippen LogP contribution in [0.3, 0.4) is 0 Å². The molecule has 0 fully saturated rings. The molecule has 0 saturated carbocycles. The number of aromatic nitrogens is 2. The van der Waals surface area contributed by atoms with Crippen molar-refractivity contribution in [2.45, 2.75) is 26.3 Å². The van der Waals surface area contributed by atoms with E-state index in [0.29, 0.717) is 18.2 Å². The number of urea groups is 1. The largest absolute Gasteiger partial charge is 0.497 e. The highest BCUT2D eigenvalue weighted by molar-refractivity contribution is 7.15. The van der Waals surface area contributed by atoms with E-state index >= 15 is 0 Å². The molecule has 7 heteroatoms. The van der Waals surface area contributed by atoms with Crippen LogP contribution >= 0.6 is 11.3 Å². The van der Waals surface area contributed by atoms with Gasteiger partial charge in [0.15, 0.2) is 0 Å². The minimum atomic E-state index is -0.125. The molecule has 0 aliphatic carbocycles. The highest BCUT2D eigenvalue weighted by Crippen LogP contribution is 2.24. The van der Waals surface area contributed by atoms with Crippen LogP contribution in [0.25, 0.3) is 0 Å². The average Bonchev–Trinajstić information content (AvgIpc) is 3.01. The molecule has 3 rings (SSSR count). The minimum absolute atomic E-state index is 0.125. The number of fused-ring (bicyclic) bond motifs is 1. The van der Waals surface area contributed by atoms with Gasteiger partial charge in [0.2, 0.25) is 5.13 Å².